The average Bonchev–Trinajstić information content (AvgIpc) is 2.99. The highest BCUT2D eigenvalue weighted by Crippen LogP contribution is 2.20. The Labute approximate surface area is 129 Å². The van der Waals surface area contributed by atoms with Crippen molar-refractivity contribution in [2.75, 3.05) is 0 Å². The summed E-state index contributed by atoms with van der Waals surface area (Å²) >= 11 is 0. The third-order valence-corrected chi connectivity index (χ3v) is 4.45. The van der Waals surface area contributed by atoms with Gasteiger partial charge in [-0.1, -0.05) is 26.7 Å². The molecule has 120 valence electrons. The lowest BCUT2D eigenvalue weighted by atomic mass is 9.96. The first-order chi connectivity index (χ1) is 10.7. The van der Waals surface area contributed by atoms with Gasteiger partial charge in [0.1, 0.15) is 0 Å². The minimum Gasteiger partial charge on any atom is -0.299 e. The van der Waals surface area contributed by atoms with Crippen molar-refractivity contribution < 1.29 is 0 Å². The monoisotopic (exact) mass is 304 g/mol. The molecule has 0 bridgehead atoms. The van der Waals surface area contributed by atoms with Gasteiger partial charge in [0.15, 0.2) is 0 Å². The fraction of sp³-hybridized carbons (Fsp3) is 0.625. The lowest BCUT2D eigenvalue weighted by molar-refractivity contribution is 0.549. The van der Waals surface area contributed by atoms with E-state index >= 15 is 0 Å². The summed E-state index contributed by atoms with van der Waals surface area (Å²) in [5, 5.41) is 6.40. The van der Waals surface area contributed by atoms with Crippen LogP contribution in [0.5, 0.6) is 0 Å². The molecule has 0 amide bonds. The van der Waals surface area contributed by atoms with E-state index in [0.29, 0.717) is 12.8 Å². The van der Waals surface area contributed by atoms with Crippen molar-refractivity contribution in [3.8, 4) is 0 Å². The summed E-state index contributed by atoms with van der Waals surface area (Å²) in [6.45, 7) is 5.66. The predicted molar refractivity (Wildman–Crippen MR) is 85.5 cm³/mol. The summed E-state index contributed by atoms with van der Waals surface area (Å²) in [6, 6.07) is 0. The summed E-state index contributed by atoms with van der Waals surface area (Å²) in [5.74, 6) is 0. The summed E-state index contributed by atoms with van der Waals surface area (Å²) in [6.07, 6.45) is 5.14. The number of rotatable bonds is 6. The Bertz CT molecular complexity index is 709. The molecule has 0 fully saturated rings. The number of unbranched alkanes of at least 4 members (excludes halogenated alkanes) is 2. The molecule has 0 atom stereocenters. The van der Waals surface area contributed by atoms with Crippen molar-refractivity contribution in [3.63, 3.8) is 0 Å². The lowest BCUT2D eigenvalue weighted by Gasteiger charge is -2.08. The van der Waals surface area contributed by atoms with Crippen LogP contribution in [0.25, 0.3) is 0 Å². The van der Waals surface area contributed by atoms with Crippen LogP contribution in [0.3, 0.4) is 0 Å². The minimum atomic E-state index is 0.0660. The van der Waals surface area contributed by atoms with Crippen LogP contribution in [0.1, 0.15) is 62.0 Å². The second-order valence-electron chi connectivity index (χ2n) is 6.11. The third-order valence-electron chi connectivity index (χ3n) is 4.45. The molecular weight excluding hydrogens is 280 g/mol. The first-order valence-electron chi connectivity index (χ1n) is 8.26. The second-order valence-corrected chi connectivity index (χ2v) is 6.11. The maximum absolute atomic E-state index is 12.4. The molecule has 6 heteroatoms. The Morgan fingerprint density at radius 1 is 0.818 bits per heavy atom. The quantitative estimate of drug-likeness (QED) is 0.728. The van der Waals surface area contributed by atoms with Gasteiger partial charge in [0.25, 0.3) is 11.1 Å². The van der Waals surface area contributed by atoms with Gasteiger partial charge in [-0.2, -0.15) is 0 Å². The fourth-order valence-corrected chi connectivity index (χ4v) is 3.10. The molecule has 0 spiro atoms. The number of fused-ring (bicyclic) bond motifs is 2. The van der Waals surface area contributed by atoms with Crippen molar-refractivity contribution in [3.05, 3.63) is 43.2 Å². The van der Waals surface area contributed by atoms with Crippen LogP contribution < -0.4 is 11.1 Å². The van der Waals surface area contributed by atoms with Crippen molar-refractivity contribution >= 4 is 0 Å². The SMILES string of the molecule is CCCCn1[nH]c2c(c1=O)Cc1[nH]n(CCCC)c(=O)c1C2. The van der Waals surface area contributed by atoms with Crippen molar-refractivity contribution in [2.45, 2.75) is 65.5 Å². The molecule has 6 nitrogen and oxygen atoms in total. The van der Waals surface area contributed by atoms with Crippen LogP contribution in [0.4, 0.5) is 0 Å². The van der Waals surface area contributed by atoms with E-state index in [1.165, 1.54) is 0 Å². The summed E-state index contributed by atoms with van der Waals surface area (Å²) in [5.41, 5.74) is 3.58. The third kappa shape index (κ3) is 2.46. The number of nitrogens with zero attached hydrogens (tertiary/aromatic N) is 2. The van der Waals surface area contributed by atoms with Crippen LogP contribution in [-0.2, 0) is 25.9 Å². The van der Waals surface area contributed by atoms with Gasteiger partial charge >= 0.3 is 0 Å². The number of aryl methyl sites for hydroxylation is 2. The molecule has 0 unspecified atom stereocenters. The average molecular weight is 304 g/mol. The van der Waals surface area contributed by atoms with Gasteiger partial charge in [0.2, 0.25) is 0 Å². The lowest BCUT2D eigenvalue weighted by Crippen LogP contribution is -2.21. The molecule has 22 heavy (non-hydrogen) atoms. The highest BCUT2D eigenvalue weighted by Gasteiger charge is 2.26. The summed E-state index contributed by atoms with van der Waals surface area (Å²) in [4.78, 5) is 24.9. The topological polar surface area (TPSA) is 75.6 Å². The predicted octanol–water partition coefficient (Wildman–Crippen LogP) is 1.76. The van der Waals surface area contributed by atoms with Crippen LogP contribution in [-0.4, -0.2) is 19.6 Å². The van der Waals surface area contributed by atoms with Gasteiger partial charge in [-0.25, -0.2) is 0 Å². The number of hydrogen-bond acceptors (Lipinski definition) is 2. The Hall–Kier alpha value is -1.98. The molecule has 1 aliphatic carbocycles. The Kier molecular flexibility index (Phi) is 4.09. The van der Waals surface area contributed by atoms with E-state index in [2.05, 4.69) is 24.0 Å². The smallest absolute Gasteiger partial charge is 0.270 e. The summed E-state index contributed by atoms with van der Waals surface area (Å²) < 4.78 is 3.38. The van der Waals surface area contributed by atoms with Crippen molar-refractivity contribution in [1.29, 1.82) is 0 Å². The maximum atomic E-state index is 12.4. The van der Waals surface area contributed by atoms with Crippen LogP contribution >= 0.6 is 0 Å². The Balaban J connectivity index is 1.90. The minimum absolute atomic E-state index is 0.0660. The van der Waals surface area contributed by atoms with Crippen molar-refractivity contribution in [1.82, 2.24) is 19.6 Å². The Morgan fingerprint density at radius 3 is 1.59 bits per heavy atom. The highest BCUT2D eigenvalue weighted by molar-refractivity contribution is 5.37. The molecule has 0 aliphatic heterocycles. The molecule has 2 N–H and O–H groups in total. The Morgan fingerprint density at radius 2 is 1.23 bits per heavy atom. The molecule has 2 heterocycles. The zero-order valence-corrected chi connectivity index (χ0v) is 13.4. The van der Waals surface area contributed by atoms with Gasteiger partial charge in [0.05, 0.1) is 0 Å². The van der Waals surface area contributed by atoms with E-state index in [-0.39, 0.29) is 11.1 Å². The van der Waals surface area contributed by atoms with E-state index in [4.69, 9.17) is 0 Å². The van der Waals surface area contributed by atoms with E-state index in [1.807, 2.05) is 0 Å². The van der Waals surface area contributed by atoms with E-state index in [9.17, 15) is 9.59 Å². The standard InChI is InChI=1S/C16H24N4O2/c1-3-5-7-19-15(21)11-9-14-12(10-13(11)17-19)16(22)20(18-14)8-6-4-2/h17-18H,3-10H2,1-2H3. The summed E-state index contributed by atoms with van der Waals surface area (Å²) in [7, 11) is 0. The normalized spacial score (nSPS) is 13.2. The van der Waals surface area contributed by atoms with E-state index in [1.54, 1.807) is 9.36 Å². The second kappa shape index (κ2) is 6.02. The van der Waals surface area contributed by atoms with Gasteiger partial charge in [0, 0.05) is 48.4 Å². The van der Waals surface area contributed by atoms with Crippen molar-refractivity contribution in [2.24, 2.45) is 0 Å². The molecule has 2 aromatic heterocycles. The highest BCUT2D eigenvalue weighted by atomic mass is 16.1. The zero-order chi connectivity index (χ0) is 15.7. The molecule has 1 aliphatic rings. The number of H-pyrrole nitrogens is 2. The largest absolute Gasteiger partial charge is 0.299 e. The number of aromatic amines is 2. The first-order valence-corrected chi connectivity index (χ1v) is 8.26. The fourth-order valence-electron chi connectivity index (χ4n) is 3.10. The van der Waals surface area contributed by atoms with E-state index < -0.39 is 0 Å². The molecule has 0 saturated carbocycles. The number of nitrogens with one attached hydrogen (secondary N) is 2. The van der Waals surface area contributed by atoms with Gasteiger partial charge in [-0.05, 0) is 12.8 Å². The molecule has 2 aromatic rings. The van der Waals surface area contributed by atoms with Crippen LogP contribution in [0, 0.1) is 0 Å². The zero-order valence-electron chi connectivity index (χ0n) is 13.4. The van der Waals surface area contributed by atoms with Crippen LogP contribution in [0.15, 0.2) is 9.59 Å². The van der Waals surface area contributed by atoms with E-state index in [0.717, 1.165) is 61.3 Å². The maximum Gasteiger partial charge on any atom is 0.270 e. The van der Waals surface area contributed by atoms with Crippen LogP contribution in [0.2, 0.25) is 0 Å². The molecule has 0 radical (unpaired) electrons. The van der Waals surface area contributed by atoms with Gasteiger partial charge in [-0.15, -0.1) is 0 Å². The first kappa shape index (κ1) is 14.9. The molecule has 0 saturated heterocycles. The van der Waals surface area contributed by atoms with Gasteiger partial charge in [-0.3, -0.25) is 29.2 Å². The molecule has 0 aromatic carbocycles. The number of hydrogen-bond donors (Lipinski definition) is 2. The molecular formula is C16H24N4O2. The van der Waals surface area contributed by atoms with Gasteiger partial charge < -0.3 is 0 Å². The number of aromatic nitrogens is 4. The molecule has 3 rings (SSSR count).